The minimum Gasteiger partial charge on any atom is -0.328 e. The van der Waals surface area contributed by atoms with Crippen LogP contribution < -0.4 is 5.73 Å². The molecule has 0 spiro atoms. The zero-order valence-electron chi connectivity index (χ0n) is 7.84. The number of rotatable bonds is 1. The highest BCUT2D eigenvalue weighted by Crippen LogP contribution is 2.27. The number of nitrogens with two attached hydrogens (primary N) is 1. The fraction of sp³-hybridized carbons (Fsp3) is 1.00. The lowest BCUT2D eigenvalue weighted by Gasteiger charge is -2.20. The number of hydrogen-bond acceptors (Lipinski definition) is 1. The molecule has 1 unspecified atom stereocenters. The van der Waals surface area contributed by atoms with E-state index in [4.69, 9.17) is 5.73 Å². The van der Waals surface area contributed by atoms with Crippen molar-refractivity contribution < 1.29 is 0 Å². The van der Waals surface area contributed by atoms with Crippen molar-refractivity contribution in [3.8, 4) is 0 Å². The second-order valence-corrected chi connectivity index (χ2v) is 4.28. The fourth-order valence-corrected chi connectivity index (χ4v) is 2.04. The third kappa shape index (κ3) is 2.82. The molecular weight excluding hydrogens is 134 g/mol. The first kappa shape index (κ1) is 9.05. The van der Waals surface area contributed by atoms with Gasteiger partial charge in [0.2, 0.25) is 0 Å². The Morgan fingerprint density at radius 3 is 2.45 bits per heavy atom. The van der Waals surface area contributed by atoms with Crippen molar-refractivity contribution in [3.63, 3.8) is 0 Å². The van der Waals surface area contributed by atoms with Crippen LogP contribution in [0.25, 0.3) is 0 Å². The SMILES string of the molecule is CC(C)[C@H]1CCCCC(N)C1. The Kier molecular flexibility index (Phi) is 3.38. The van der Waals surface area contributed by atoms with Gasteiger partial charge in [0.15, 0.2) is 0 Å². The topological polar surface area (TPSA) is 26.0 Å². The third-order valence-corrected chi connectivity index (χ3v) is 2.95. The van der Waals surface area contributed by atoms with Crippen molar-refractivity contribution >= 4 is 0 Å². The van der Waals surface area contributed by atoms with Crippen LogP contribution >= 0.6 is 0 Å². The first-order valence-corrected chi connectivity index (χ1v) is 4.95. The second-order valence-electron chi connectivity index (χ2n) is 4.28. The molecule has 1 heteroatoms. The summed E-state index contributed by atoms with van der Waals surface area (Å²) in [6.07, 6.45) is 6.67. The first-order valence-electron chi connectivity index (χ1n) is 4.95. The van der Waals surface area contributed by atoms with Crippen LogP contribution in [-0.2, 0) is 0 Å². The summed E-state index contributed by atoms with van der Waals surface area (Å²) in [5, 5.41) is 0. The third-order valence-electron chi connectivity index (χ3n) is 2.95. The second kappa shape index (κ2) is 4.10. The number of hydrogen-bond donors (Lipinski definition) is 1. The fourth-order valence-electron chi connectivity index (χ4n) is 2.04. The lowest BCUT2D eigenvalue weighted by Crippen LogP contribution is -2.23. The molecule has 1 aliphatic carbocycles. The predicted molar refractivity (Wildman–Crippen MR) is 49.4 cm³/mol. The van der Waals surface area contributed by atoms with Crippen LogP contribution in [0.4, 0.5) is 0 Å². The van der Waals surface area contributed by atoms with Gasteiger partial charge in [-0.25, -0.2) is 0 Å². The van der Waals surface area contributed by atoms with Crippen molar-refractivity contribution in [2.45, 2.75) is 52.0 Å². The van der Waals surface area contributed by atoms with E-state index in [1.807, 2.05) is 0 Å². The molecular formula is C10H21N. The van der Waals surface area contributed by atoms with E-state index in [9.17, 15) is 0 Å². The average Bonchev–Trinajstić information content (AvgIpc) is 2.13. The van der Waals surface area contributed by atoms with Gasteiger partial charge in [-0.3, -0.25) is 0 Å². The van der Waals surface area contributed by atoms with Gasteiger partial charge in [-0.1, -0.05) is 33.1 Å². The molecule has 1 rings (SSSR count). The maximum Gasteiger partial charge on any atom is 0.00415 e. The van der Waals surface area contributed by atoms with E-state index in [-0.39, 0.29) is 0 Å². The van der Waals surface area contributed by atoms with E-state index in [0.717, 1.165) is 11.8 Å². The molecule has 0 amide bonds. The first-order chi connectivity index (χ1) is 5.20. The molecule has 0 aliphatic heterocycles. The predicted octanol–water partition coefficient (Wildman–Crippen LogP) is 2.55. The maximum atomic E-state index is 5.96. The van der Waals surface area contributed by atoms with Gasteiger partial charge >= 0.3 is 0 Å². The Hall–Kier alpha value is -0.0400. The molecule has 0 radical (unpaired) electrons. The Morgan fingerprint density at radius 2 is 1.82 bits per heavy atom. The molecule has 0 heterocycles. The highest BCUT2D eigenvalue weighted by Gasteiger charge is 2.19. The summed E-state index contributed by atoms with van der Waals surface area (Å²) >= 11 is 0. The smallest absolute Gasteiger partial charge is 0.00415 e. The Morgan fingerprint density at radius 1 is 1.18 bits per heavy atom. The maximum absolute atomic E-state index is 5.96. The van der Waals surface area contributed by atoms with Crippen LogP contribution in [0.3, 0.4) is 0 Å². The van der Waals surface area contributed by atoms with Gasteiger partial charge in [0, 0.05) is 6.04 Å². The summed E-state index contributed by atoms with van der Waals surface area (Å²) < 4.78 is 0. The van der Waals surface area contributed by atoms with Gasteiger partial charge in [-0.15, -0.1) is 0 Å². The van der Waals surface area contributed by atoms with Crippen LogP contribution in [0.2, 0.25) is 0 Å². The van der Waals surface area contributed by atoms with Crippen LogP contribution in [0.15, 0.2) is 0 Å². The molecule has 11 heavy (non-hydrogen) atoms. The van der Waals surface area contributed by atoms with Crippen LogP contribution in [0.1, 0.15) is 46.0 Å². The van der Waals surface area contributed by atoms with Gasteiger partial charge in [0.05, 0.1) is 0 Å². The van der Waals surface area contributed by atoms with Crippen molar-refractivity contribution in [2.75, 3.05) is 0 Å². The summed E-state index contributed by atoms with van der Waals surface area (Å²) in [5.41, 5.74) is 5.96. The van der Waals surface area contributed by atoms with E-state index in [1.54, 1.807) is 0 Å². The molecule has 2 atom stereocenters. The van der Waals surface area contributed by atoms with Gasteiger partial charge in [0.1, 0.15) is 0 Å². The van der Waals surface area contributed by atoms with Gasteiger partial charge < -0.3 is 5.73 Å². The zero-order chi connectivity index (χ0) is 8.27. The summed E-state index contributed by atoms with van der Waals surface area (Å²) in [6, 6.07) is 0.491. The molecule has 2 N–H and O–H groups in total. The van der Waals surface area contributed by atoms with Crippen molar-refractivity contribution in [1.29, 1.82) is 0 Å². The molecule has 1 nitrogen and oxygen atoms in total. The average molecular weight is 155 g/mol. The van der Waals surface area contributed by atoms with Crippen molar-refractivity contribution in [2.24, 2.45) is 17.6 Å². The largest absolute Gasteiger partial charge is 0.328 e. The molecule has 0 bridgehead atoms. The Balaban J connectivity index is 2.39. The van der Waals surface area contributed by atoms with E-state index >= 15 is 0 Å². The molecule has 0 aromatic rings. The van der Waals surface area contributed by atoms with Crippen LogP contribution in [-0.4, -0.2) is 6.04 Å². The summed E-state index contributed by atoms with van der Waals surface area (Å²) in [4.78, 5) is 0. The monoisotopic (exact) mass is 155 g/mol. The van der Waals surface area contributed by atoms with Gasteiger partial charge in [-0.05, 0) is 24.7 Å². The summed E-state index contributed by atoms with van der Waals surface area (Å²) in [6.45, 7) is 4.64. The van der Waals surface area contributed by atoms with Gasteiger partial charge in [0.25, 0.3) is 0 Å². The van der Waals surface area contributed by atoms with Crippen LogP contribution in [0, 0.1) is 11.8 Å². The standard InChI is InChI=1S/C10H21N/c1-8(2)9-5-3-4-6-10(11)7-9/h8-10H,3-7,11H2,1-2H3/t9-,10?/m0/s1. The molecule has 1 fully saturated rings. The van der Waals surface area contributed by atoms with Crippen LogP contribution in [0.5, 0.6) is 0 Å². The van der Waals surface area contributed by atoms with E-state index < -0.39 is 0 Å². The highest BCUT2D eigenvalue weighted by molar-refractivity contribution is 4.74. The molecule has 0 saturated heterocycles. The normalized spacial score (nSPS) is 33.8. The molecule has 1 aliphatic rings. The van der Waals surface area contributed by atoms with Gasteiger partial charge in [-0.2, -0.15) is 0 Å². The Labute approximate surface area is 70.4 Å². The molecule has 0 aromatic carbocycles. The quantitative estimate of drug-likeness (QED) is 0.579. The lowest BCUT2D eigenvalue weighted by atomic mass is 9.88. The van der Waals surface area contributed by atoms with E-state index in [1.165, 1.54) is 32.1 Å². The molecule has 1 saturated carbocycles. The van der Waals surface area contributed by atoms with Crippen molar-refractivity contribution in [1.82, 2.24) is 0 Å². The Bertz CT molecular complexity index is 109. The molecule has 66 valence electrons. The van der Waals surface area contributed by atoms with E-state index in [0.29, 0.717) is 6.04 Å². The van der Waals surface area contributed by atoms with Crippen molar-refractivity contribution in [3.05, 3.63) is 0 Å². The lowest BCUT2D eigenvalue weighted by molar-refractivity contribution is 0.328. The summed E-state index contributed by atoms with van der Waals surface area (Å²) in [7, 11) is 0. The molecule has 0 aromatic heterocycles. The summed E-state index contributed by atoms with van der Waals surface area (Å²) in [5.74, 6) is 1.73. The highest BCUT2D eigenvalue weighted by atomic mass is 14.6. The minimum absolute atomic E-state index is 0.491. The minimum atomic E-state index is 0.491. The van der Waals surface area contributed by atoms with E-state index in [2.05, 4.69) is 13.8 Å². The zero-order valence-corrected chi connectivity index (χ0v) is 7.84.